The van der Waals surface area contributed by atoms with Crippen LogP contribution in [0.5, 0.6) is 0 Å². The second-order valence-electron chi connectivity index (χ2n) is 6.81. The molecular formula is C24H20N2O2S. The molecule has 0 unspecified atom stereocenters. The van der Waals surface area contributed by atoms with Crippen LogP contribution < -0.4 is 5.32 Å². The van der Waals surface area contributed by atoms with E-state index in [2.05, 4.69) is 10.5 Å². The molecule has 0 saturated heterocycles. The Balaban J connectivity index is 1.84. The van der Waals surface area contributed by atoms with Gasteiger partial charge in [-0.3, -0.25) is 4.79 Å². The van der Waals surface area contributed by atoms with Gasteiger partial charge in [0.2, 0.25) is 0 Å². The Hall–Kier alpha value is -3.31. The van der Waals surface area contributed by atoms with Gasteiger partial charge in [-0.1, -0.05) is 95.3 Å². The molecule has 0 radical (unpaired) electrons. The lowest BCUT2D eigenvalue weighted by Gasteiger charge is -2.15. The van der Waals surface area contributed by atoms with Gasteiger partial charge in [-0.2, -0.15) is 0 Å². The van der Waals surface area contributed by atoms with Crippen LogP contribution in [0.2, 0.25) is 0 Å². The maximum Gasteiger partial charge on any atom is 0.192 e. The fourth-order valence-electron chi connectivity index (χ4n) is 3.34. The molecule has 29 heavy (non-hydrogen) atoms. The Kier molecular flexibility index (Phi) is 5.49. The van der Waals surface area contributed by atoms with Gasteiger partial charge in [-0.05, 0) is 24.6 Å². The minimum atomic E-state index is -0.426. The lowest BCUT2D eigenvalue weighted by atomic mass is 9.87. The average molecular weight is 401 g/mol. The van der Waals surface area contributed by atoms with E-state index < -0.39 is 5.92 Å². The molecule has 0 amide bonds. The fraction of sp³-hybridized carbons (Fsp3) is 0.0833. The van der Waals surface area contributed by atoms with Crippen LogP contribution in [-0.4, -0.2) is 16.0 Å². The number of rotatable bonds is 5. The first-order valence-corrected chi connectivity index (χ1v) is 10.1. The molecule has 0 aromatic heterocycles. The van der Waals surface area contributed by atoms with E-state index in [0.29, 0.717) is 21.2 Å². The molecule has 3 aromatic carbocycles. The Labute approximate surface area is 174 Å². The number of ketones is 1. The quantitative estimate of drug-likeness (QED) is 0.322. The number of thioether (sulfide) groups is 1. The van der Waals surface area contributed by atoms with Crippen LogP contribution in [0, 0.1) is 6.92 Å². The third-order valence-corrected chi connectivity index (χ3v) is 5.86. The van der Waals surface area contributed by atoms with Crippen LogP contribution in [0.25, 0.3) is 0 Å². The van der Waals surface area contributed by atoms with Gasteiger partial charge in [0, 0.05) is 16.8 Å². The molecule has 0 bridgehead atoms. The highest BCUT2D eigenvalue weighted by atomic mass is 32.2. The van der Waals surface area contributed by atoms with Crippen molar-refractivity contribution in [2.45, 2.75) is 12.8 Å². The summed E-state index contributed by atoms with van der Waals surface area (Å²) in [5.74, 6) is -0.509. The molecular weight excluding hydrogens is 380 g/mol. The Bertz CT molecular complexity index is 1070. The summed E-state index contributed by atoms with van der Waals surface area (Å²) in [5.41, 5.74) is 4.10. The van der Waals surface area contributed by atoms with E-state index in [0.717, 1.165) is 16.8 Å². The molecule has 0 saturated carbocycles. The van der Waals surface area contributed by atoms with E-state index in [9.17, 15) is 10.0 Å². The SMILES string of the molecule is Cc1ccc([C@@H]2C(C(=O)c3ccccc3)=C(Nc3ccccc3)S/C2=N\O)cc1. The lowest BCUT2D eigenvalue weighted by Crippen LogP contribution is -2.15. The molecule has 2 N–H and O–H groups in total. The number of para-hydroxylation sites is 1. The molecule has 0 spiro atoms. The number of hydrogen-bond acceptors (Lipinski definition) is 5. The third-order valence-electron chi connectivity index (χ3n) is 4.81. The Morgan fingerprint density at radius 1 is 0.931 bits per heavy atom. The van der Waals surface area contributed by atoms with Gasteiger partial charge in [0.05, 0.1) is 10.9 Å². The zero-order chi connectivity index (χ0) is 20.2. The summed E-state index contributed by atoms with van der Waals surface area (Å²) in [6, 6.07) is 26.8. The van der Waals surface area contributed by atoms with E-state index in [1.165, 1.54) is 11.8 Å². The second kappa shape index (κ2) is 8.37. The van der Waals surface area contributed by atoms with Crippen molar-refractivity contribution in [3.8, 4) is 0 Å². The number of aryl methyl sites for hydroxylation is 1. The summed E-state index contributed by atoms with van der Waals surface area (Å²) in [6.07, 6.45) is 0. The summed E-state index contributed by atoms with van der Waals surface area (Å²) in [4.78, 5) is 13.5. The van der Waals surface area contributed by atoms with Gasteiger partial charge in [0.25, 0.3) is 0 Å². The average Bonchev–Trinajstić information content (AvgIpc) is 3.13. The van der Waals surface area contributed by atoms with E-state index in [-0.39, 0.29) is 5.78 Å². The van der Waals surface area contributed by atoms with Crippen molar-refractivity contribution >= 4 is 28.3 Å². The number of carbonyl (C=O) groups is 1. The van der Waals surface area contributed by atoms with Crippen LogP contribution in [0.15, 0.2) is 101 Å². The monoisotopic (exact) mass is 400 g/mol. The number of hydrogen-bond donors (Lipinski definition) is 2. The number of oxime groups is 1. The van der Waals surface area contributed by atoms with Crippen molar-refractivity contribution in [1.82, 2.24) is 0 Å². The summed E-state index contributed by atoms with van der Waals surface area (Å²) >= 11 is 1.29. The Morgan fingerprint density at radius 2 is 1.55 bits per heavy atom. The van der Waals surface area contributed by atoms with Crippen molar-refractivity contribution in [3.05, 3.63) is 112 Å². The molecule has 4 rings (SSSR count). The summed E-state index contributed by atoms with van der Waals surface area (Å²) in [7, 11) is 0. The van der Waals surface area contributed by atoms with Crippen LogP contribution in [0.1, 0.15) is 27.4 Å². The lowest BCUT2D eigenvalue weighted by molar-refractivity contribution is 0.103. The normalized spacial score (nSPS) is 17.6. The fourth-order valence-corrected chi connectivity index (χ4v) is 4.46. The smallest absolute Gasteiger partial charge is 0.192 e. The molecule has 1 heterocycles. The van der Waals surface area contributed by atoms with Crippen LogP contribution in [0.3, 0.4) is 0 Å². The van der Waals surface area contributed by atoms with Gasteiger partial charge in [0.15, 0.2) is 5.78 Å². The van der Waals surface area contributed by atoms with Gasteiger partial charge < -0.3 is 10.5 Å². The van der Waals surface area contributed by atoms with Gasteiger partial charge in [-0.25, -0.2) is 0 Å². The highest BCUT2D eigenvalue weighted by molar-refractivity contribution is 8.17. The van der Waals surface area contributed by atoms with Crippen molar-refractivity contribution in [1.29, 1.82) is 0 Å². The van der Waals surface area contributed by atoms with E-state index in [4.69, 9.17) is 0 Å². The summed E-state index contributed by atoms with van der Waals surface area (Å²) in [6.45, 7) is 2.02. The minimum Gasteiger partial charge on any atom is -0.410 e. The largest absolute Gasteiger partial charge is 0.410 e. The number of anilines is 1. The number of benzene rings is 3. The first-order chi connectivity index (χ1) is 14.2. The van der Waals surface area contributed by atoms with Crippen molar-refractivity contribution < 1.29 is 10.0 Å². The zero-order valence-corrected chi connectivity index (χ0v) is 16.7. The molecule has 0 fully saturated rings. The van der Waals surface area contributed by atoms with Crippen molar-refractivity contribution in [2.75, 3.05) is 5.32 Å². The molecule has 5 heteroatoms. The topological polar surface area (TPSA) is 61.7 Å². The minimum absolute atomic E-state index is 0.0826. The van der Waals surface area contributed by atoms with Gasteiger partial charge in [0.1, 0.15) is 5.04 Å². The predicted molar refractivity (Wildman–Crippen MR) is 119 cm³/mol. The number of nitrogens with one attached hydrogen (secondary N) is 1. The van der Waals surface area contributed by atoms with E-state index >= 15 is 0 Å². The second-order valence-corrected chi connectivity index (χ2v) is 7.84. The first-order valence-electron chi connectivity index (χ1n) is 9.29. The molecule has 1 aliphatic rings. The summed E-state index contributed by atoms with van der Waals surface area (Å²) in [5, 5.41) is 17.7. The molecule has 4 nitrogen and oxygen atoms in total. The summed E-state index contributed by atoms with van der Waals surface area (Å²) < 4.78 is 0. The standard InChI is InChI=1S/C24H20N2O2S/c1-16-12-14-17(15-13-16)20-21(22(27)18-8-4-2-5-9-18)23(29-24(20)26-28)25-19-10-6-3-7-11-19/h2-15,20,25,28H,1H3/b26-24-/t20-/m1/s1. The molecule has 1 atom stereocenters. The first kappa shape index (κ1) is 19.0. The Morgan fingerprint density at radius 3 is 2.17 bits per heavy atom. The van der Waals surface area contributed by atoms with Gasteiger partial charge in [-0.15, -0.1) is 0 Å². The predicted octanol–water partition coefficient (Wildman–Crippen LogP) is 5.82. The number of carbonyl (C=O) groups excluding carboxylic acids is 1. The van der Waals surface area contributed by atoms with Gasteiger partial charge >= 0.3 is 0 Å². The molecule has 3 aromatic rings. The third kappa shape index (κ3) is 3.96. The van der Waals surface area contributed by atoms with Crippen molar-refractivity contribution in [3.63, 3.8) is 0 Å². The number of allylic oxidation sites excluding steroid dienone is 1. The zero-order valence-electron chi connectivity index (χ0n) is 15.9. The van der Waals surface area contributed by atoms with Crippen LogP contribution in [0.4, 0.5) is 5.69 Å². The van der Waals surface area contributed by atoms with E-state index in [1.54, 1.807) is 12.1 Å². The highest BCUT2D eigenvalue weighted by Gasteiger charge is 2.38. The number of nitrogens with zero attached hydrogens (tertiary/aromatic N) is 1. The molecule has 1 aliphatic heterocycles. The maximum absolute atomic E-state index is 13.5. The maximum atomic E-state index is 13.5. The van der Waals surface area contributed by atoms with Crippen LogP contribution in [-0.2, 0) is 0 Å². The molecule has 0 aliphatic carbocycles. The van der Waals surface area contributed by atoms with Crippen LogP contribution >= 0.6 is 11.8 Å². The number of Topliss-reactive ketones (excluding diaryl/α,β-unsaturated/α-hetero) is 1. The van der Waals surface area contributed by atoms with E-state index in [1.807, 2.05) is 79.7 Å². The molecule has 144 valence electrons. The van der Waals surface area contributed by atoms with Crippen molar-refractivity contribution in [2.24, 2.45) is 5.16 Å². The highest BCUT2D eigenvalue weighted by Crippen LogP contribution is 2.45.